The Morgan fingerprint density at radius 2 is 2.16 bits per heavy atom. The Kier molecular flexibility index (Phi) is 3.78. The number of halogens is 1. The second-order valence-electron chi connectivity index (χ2n) is 5.61. The zero-order chi connectivity index (χ0) is 14.2. The second kappa shape index (κ2) is 5.19. The van der Waals surface area contributed by atoms with Crippen molar-refractivity contribution in [2.24, 2.45) is 5.92 Å². The fourth-order valence-electron chi connectivity index (χ4n) is 2.92. The molecule has 0 radical (unpaired) electrons. The molecule has 0 amide bonds. The largest absolute Gasteiger partial charge is 0.481 e. The van der Waals surface area contributed by atoms with Gasteiger partial charge in [0.1, 0.15) is 5.82 Å². The molecule has 1 aliphatic heterocycles. The van der Waals surface area contributed by atoms with Crippen LogP contribution in [0.1, 0.15) is 32.8 Å². The molecule has 0 fully saturated rings. The highest BCUT2D eigenvalue weighted by Gasteiger charge is 2.33. The van der Waals surface area contributed by atoms with Gasteiger partial charge in [0.2, 0.25) is 0 Å². The van der Waals surface area contributed by atoms with Crippen molar-refractivity contribution >= 4 is 11.7 Å². The highest BCUT2D eigenvalue weighted by atomic mass is 19.1. The molecule has 4 heteroatoms. The minimum Gasteiger partial charge on any atom is -0.481 e. The van der Waals surface area contributed by atoms with Crippen molar-refractivity contribution in [2.45, 2.75) is 45.7 Å². The number of hydrogen-bond acceptors (Lipinski definition) is 2. The van der Waals surface area contributed by atoms with Gasteiger partial charge in [0.05, 0.1) is 5.92 Å². The third-order valence-electron chi connectivity index (χ3n) is 3.77. The summed E-state index contributed by atoms with van der Waals surface area (Å²) in [5.74, 6) is -1.38. The number of carboxylic acid groups (broad SMARTS) is 1. The average molecular weight is 265 g/mol. The molecule has 19 heavy (non-hydrogen) atoms. The van der Waals surface area contributed by atoms with Gasteiger partial charge in [0.25, 0.3) is 0 Å². The molecule has 2 unspecified atom stereocenters. The number of carbonyl (C=O) groups is 1. The van der Waals surface area contributed by atoms with E-state index in [0.29, 0.717) is 6.42 Å². The lowest BCUT2D eigenvalue weighted by Crippen LogP contribution is -2.39. The third kappa shape index (κ3) is 2.72. The molecule has 104 valence electrons. The molecule has 1 aliphatic rings. The topological polar surface area (TPSA) is 40.5 Å². The molecule has 1 N–H and O–H groups in total. The van der Waals surface area contributed by atoms with E-state index in [9.17, 15) is 9.18 Å². The summed E-state index contributed by atoms with van der Waals surface area (Å²) in [4.78, 5) is 13.2. The van der Waals surface area contributed by atoms with E-state index >= 15 is 0 Å². The number of nitrogens with zero attached hydrogens (tertiary/aromatic N) is 1. The highest BCUT2D eigenvalue weighted by Crippen LogP contribution is 2.36. The standard InChI is InChI=1S/C15H20FNO2/c1-9(2)17-13(6-10(3)15(18)19)8-11-7-12(16)4-5-14(11)17/h4-5,7,9-10,13H,6,8H2,1-3H3,(H,18,19). The van der Waals surface area contributed by atoms with Crippen LogP contribution in [0.2, 0.25) is 0 Å². The van der Waals surface area contributed by atoms with Gasteiger partial charge in [0, 0.05) is 17.8 Å². The Balaban J connectivity index is 2.25. The number of hydrogen-bond donors (Lipinski definition) is 1. The summed E-state index contributed by atoms with van der Waals surface area (Å²) in [5, 5.41) is 9.05. The van der Waals surface area contributed by atoms with Crippen molar-refractivity contribution in [1.82, 2.24) is 0 Å². The zero-order valence-corrected chi connectivity index (χ0v) is 11.6. The number of benzene rings is 1. The average Bonchev–Trinajstić information content (AvgIpc) is 2.65. The Hall–Kier alpha value is -1.58. The summed E-state index contributed by atoms with van der Waals surface area (Å²) in [5.41, 5.74) is 2.02. The Morgan fingerprint density at radius 3 is 2.74 bits per heavy atom. The smallest absolute Gasteiger partial charge is 0.306 e. The normalized spacial score (nSPS) is 19.6. The number of rotatable bonds is 4. The Morgan fingerprint density at radius 1 is 1.47 bits per heavy atom. The van der Waals surface area contributed by atoms with E-state index in [2.05, 4.69) is 18.7 Å². The van der Waals surface area contributed by atoms with E-state index in [4.69, 9.17) is 5.11 Å². The van der Waals surface area contributed by atoms with Crippen LogP contribution in [0.4, 0.5) is 10.1 Å². The first-order chi connectivity index (χ1) is 8.90. The maximum atomic E-state index is 13.3. The summed E-state index contributed by atoms with van der Waals surface area (Å²) in [6.45, 7) is 5.89. The lowest BCUT2D eigenvalue weighted by atomic mass is 9.98. The van der Waals surface area contributed by atoms with Gasteiger partial charge < -0.3 is 10.0 Å². The number of anilines is 1. The maximum absolute atomic E-state index is 13.3. The van der Waals surface area contributed by atoms with Crippen molar-refractivity contribution in [3.8, 4) is 0 Å². The first kappa shape index (κ1) is 13.8. The van der Waals surface area contributed by atoms with Crippen LogP contribution in [0.25, 0.3) is 0 Å². The molecular formula is C15H20FNO2. The molecule has 2 rings (SSSR count). The van der Waals surface area contributed by atoms with Crippen molar-refractivity contribution in [3.63, 3.8) is 0 Å². The lowest BCUT2D eigenvalue weighted by molar-refractivity contribution is -0.141. The molecule has 0 saturated heterocycles. The van der Waals surface area contributed by atoms with E-state index in [1.54, 1.807) is 19.1 Å². The predicted octanol–water partition coefficient (Wildman–Crippen LogP) is 3.08. The van der Waals surface area contributed by atoms with Gasteiger partial charge in [-0.15, -0.1) is 0 Å². The van der Waals surface area contributed by atoms with Gasteiger partial charge in [-0.1, -0.05) is 6.92 Å². The first-order valence-corrected chi connectivity index (χ1v) is 6.69. The summed E-state index contributed by atoms with van der Waals surface area (Å²) in [6.07, 6.45) is 1.31. The van der Waals surface area contributed by atoms with E-state index in [0.717, 1.165) is 17.7 Å². The number of carboxylic acids is 1. The predicted molar refractivity (Wildman–Crippen MR) is 72.9 cm³/mol. The summed E-state index contributed by atoms with van der Waals surface area (Å²) in [6, 6.07) is 5.25. The van der Waals surface area contributed by atoms with Crippen LogP contribution < -0.4 is 4.90 Å². The third-order valence-corrected chi connectivity index (χ3v) is 3.77. The molecule has 2 atom stereocenters. The van der Waals surface area contributed by atoms with E-state index < -0.39 is 5.97 Å². The van der Waals surface area contributed by atoms with Gasteiger partial charge in [-0.3, -0.25) is 4.79 Å². The monoisotopic (exact) mass is 265 g/mol. The van der Waals surface area contributed by atoms with Crippen LogP contribution >= 0.6 is 0 Å². The van der Waals surface area contributed by atoms with Gasteiger partial charge in [-0.25, -0.2) is 4.39 Å². The molecule has 0 spiro atoms. The lowest BCUT2D eigenvalue weighted by Gasteiger charge is -2.32. The molecule has 1 aromatic carbocycles. The zero-order valence-electron chi connectivity index (χ0n) is 11.6. The van der Waals surface area contributed by atoms with Gasteiger partial charge in [0.15, 0.2) is 0 Å². The van der Waals surface area contributed by atoms with Gasteiger partial charge in [-0.2, -0.15) is 0 Å². The van der Waals surface area contributed by atoms with Crippen molar-refractivity contribution in [2.75, 3.05) is 4.90 Å². The summed E-state index contributed by atoms with van der Waals surface area (Å²) < 4.78 is 13.3. The molecule has 0 aliphatic carbocycles. The second-order valence-corrected chi connectivity index (χ2v) is 5.61. The molecule has 0 aromatic heterocycles. The van der Waals surface area contributed by atoms with Crippen LogP contribution in [-0.4, -0.2) is 23.2 Å². The Labute approximate surface area is 113 Å². The van der Waals surface area contributed by atoms with Crippen molar-refractivity contribution in [3.05, 3.63) is 29.6 Å². The SMILES string of the molecule is CC(CC1Cc2cc(F)ccc2N1C(C)C)C(=O)O. The van der Waals surface area contributed by atoms with E-state index in [1.165, 1.54) is 6.07 Å². The molecule has 3 nitrogen and oxygen atoms in total. The van der Waals surface area contributed by atoms with E-state index in [1.807, 2.05) is 0 Å². The fourth-order valence-corrected chi connectivity index (χ4v) is 2.92. The summed E-state index contributed by atoms with van der Waals surface area (Å²) in [7, 11) is 0. The molecule has 1 aromatic rings. The van der Waals surface area contributed by atoms with E-state index in [-0.39, 0.29) is 23.8 Å². The molecule has 0 bridgehead atoms. The molecule has 0 saturated carbocycles. The Bertz CT molecular complexity index is 487. The summed E-state index contributed by atoms with van der Waals surface area (Å²) >= 11 is 0. The van der Waals surface area contributed by atoms with Crippen LogP contribution in [0, 0.1) is 11.7 Å². The number of fused-ring (bicyclic) bond motifs is 1. The maximum Gasteiger partial charge on any atom is 0.306 e. The highest BCUT2D eigenvalue weighted by molar-refractivity contribution is 5.70. The van der Waals surface area contributed by atoms with Gasteiger partial charge in [-0.05, 0) is 50.5 Å². The van der Waals surface area contributed by atoms with Crippen LogP contribution in [-0.2, 0) is 11.2 Å². The molecule has 1 heterocycles. The van der Waals surface area contributed by atoms with Crippen LogP contribution in [0.5, 0.6) is 0 Å². The first-order valence-electron chi connectivity index (χ1n) is 6.69. The number of aliphatic carboxylic acids is 1. The van der Waals surface area contributed by atoms with Crippen LogP contribution in [0.3, 0.4) is 0 Å². The van der Waals surface area contributed by atoms with Crippen LogP contribution in [0.15, 0.2) is 18.2 Å². The minimum atomic E-state index is -0.772. The minimum absolute atomic E-state index is 0.142. The molecular weight excluding hydrogens is 245 g/mol. The quantitative estimate of drug-likeness (QED) is 0.909. The van der Waals surface area contributed by atoms with Crippen molar-refractivity contribution < 1.29 is 14.3 Å². The van der Waals surface area contributed by atoms with Gasteiger partial charge >= 0.3 is 5.97 Å². The van der Waals surface area contributed by atoms with Crippen molar-refractivity contribution in [1.29, 1.82) is 0 Å². The fraction of sp³-hybridized carbons (Fsp3) is 0.533.